The molecule has 0 saturated heterocycles. The highest BCUT2D eigenvalue weighted by Crippen LogP contribution is 2.30. The predicted octanol–water partition coefficient (Wildman–Crippen LogP) is 2.17. The van der Waals surface area contributed by atoms with Crippen LogP contribution >= 0.6 is 0 Å². The Bertz CT molecular complexity index is 535. The second kappa shape index (κ2) is 5.77. The maximum absolute atomic E-state index is 11.2. The Kier molecular flexibility index (Phi) is 4.54. The zero-order valence-electron chi connectivity index (χ0n) is 12.1. The minimum atomic E-state index is -0.470. The van der Waals surface area contributed by atoms with E-state index in [0.717, 1.165) is 0 Å². The molecule has 0 aliphatic carbocycles. The molecule has 3 N–H and O–H groups in total. The lowest BCUT2D eigenvalue weighted by Crippen LogP contribution is -2.29. The fourth-order valence-electron chi connectivity index (χ4n) is 2.01. The lowest BCUT2D eigenvalue weighted by atomic mass is 9.96. The van der Waals surface area contributed by atoms with Gasteiger partial charge in [0.15, 0.2) is 5.84 Å². The Labute approximate surface area is 117 Å². The van der Waals surface area contributed by atoms with Crippen molar-refractivity contribution in [2.24, 2.45) is 16.3 Å². The van der Waals surface area contributed by atoms with E-state index in [0.29, 0.717) is 17.8 Å². The Morgan fingerprint density at radius 3 is 2.55 bits per heavy atom. The van der Waals surface area contributed by atoms with Crippen molar-refractivity contribution in [2.45, 2.75) is 20.8 Å². The summed E-state index contributed by atoms with van der Waals surface area (Å²) in [7, 11) is 1.80. The number of anilines is 1. The van der Waals surface area contributed by atoms with Crippen molar-refractivity contribution >= 4 is 17.2 Å². The molecule has 0 aliphatic rings. The second-order valence-electron chi connectivity index (χ2n) is 5.86. The quantitative estimate of drug-likeness (QED) is 0.289. The first kappa shape index (κ1) is 15.7. The first-order valence-electron chi connectivity index (χ1n) is 6.13. The summed E-state index contributed by atoms with van der Waals surface area (Å²) < 4.78 is 0. The normalized spacial score (nSPS) is 12.3. The van der Waals surface area contributed by atoms with Crippen LogP contribution in [0.1, 0.15) is 26.3 Å². The number of rotatable bonds is 4. The molecule has 1 aromatic rings. The minimum Gasteiger partial charge on any atom is -0.409 e. The van der Waals surface area contributed by atoms with Crippen LogP contribution in [0.2, 0.25) is 0 Å². The summed E-state index contributed by atoms with van der Waals surface area (Å²) in [5, 5.41) is 22.7. The van der Waals surface area contributed by atoms with Gasteiger partial charge in [0.2, 0.25) is 0 Å². The van der Waals surface area contributed by atoms with Crippen molar-refractivity contribution in [1.29, 1.82) is 0 Å². The van der Waals surface area contributed by atoms with Crippen LogP contribution in [0.5, 0.6) is 0 Å². The number of hydrogen-bond donors (Lipinski definition) is 2. The third-order valence-electron chi connectivity index (χ3n) is 2.70. The summed E-state index contributed by atoms with van der Waals surface area (Å²) in [4.78, 5) is 12.5. The molecule has 0 aliphatic heterocycles. The zero-order chi connectivity index (χ0) is 15.5. The van der Waals surface area contributed by atoms with Gasteiger partial charge in [-0.05, 0) is 17.5 Å². The summed E-state index contributed by atoms with van der Waals surface area (Å²) in [6.45, 7) is 6.83. The van der Waals surface area contributed by atoms with E-state index >= 15 is 0 Å². The molecule has 20 heavy (non-hydrogen) atoms. The minimum absolute atomic E-state index is 0.00682. The Hall–Kier alpha value is -2.31. The molecular weight excluding hydrogens is 260 g/mol. The molecule has 0 fully saturated rings. The average Bonchev–Trinajstić information content (AvgIpc) is 2.34. The van der Waals surface area contributed by atoms with E-state index in [1.165, 1.54) is 6.07 Å². The van der Waals surface area contributed by atoms with Gasteiger partial charge in [-0.15, -0.1) is 0 Å². The maximum Gasteiger partial charge on any atom is 0.293 e. The summed E-state index contributed by atoms with van der Waals surface area (Å²) in [6, 6.07) is 4.51. The van der Waals surface area contributed by atoms with E-state index in [1.54, 1.807) is 19.2 Å². The van der Waals surface area contributed by atoms with Crippen LogP contribution < -0.4 is 10.6 Å². The Morgan fingerprint density at radius 2 is 2.10 bits per heavy atom. The summed E-state index contributed by atoms with van der Waals surface area (Å²) >= 11 is 0. The molecule has 0 atom stereocenters. The molecule has 0 saturated carbocycles. The van der Waals surface area contributed by atoms with Crippen LogP contribution in [0.4, 0.5) is 11.4 Å². The van der Waals surface area contributed by atoms with E-state index in [2.05, 4.69) is 25.9 Å². The number of nitrogens with two attached hydrogens (primary N) is 1. The highest BCUT2D eigenvalue weighted by Gasteiger charge is 2.22. The molecule has 0 amide bonds. The third kappa shape index (κ3) is 3.84. The van der Waals surface area contributed by atoms with Crippen LogP contribution in [0.15, 0.2) is 23.4 Å². The third-order valence-corrected chi connectivity index (χ3v) is 2.70. The number of nitrogens with zero attached hydrogens (tertiary/aromatic N) is 3. The van der Waals surface area contributed by atoms with E-state index in [-0.39, 0.29) is 16.9 Å². The molecule has 110 valence electrons. The maximum atomic E-state index is 11.2. The molecule has 0 bridgehead atoms. The van der Waals surface area contributed by atoms with Gasteiger partial charge in [0.05, 0.1) is 4.92 Å². The molecule has 0 aromatic heterocycles. The van der Waals surface area contributed by atoms with Crippen LogP contribution in [-0.4, -0.2) is 29.6 Å². The molecule has 7 heteroatoms. The fourth-order valence-corrected chi connectivity index (χ4v) is 2.01. The summed E-state index contributed by atoms with van der Waals surface area (Å²) in [5.41, 5.74) is 6.20. The number of hydrogen-bond acceptors (Lipinski definition) is 5. The monoisotopic (exact) mass is 280 g/mol. The van der Waals surface area contributed by atoms with Crippen LogP contribution in [0.3, 0.4) is 0 Å². The molecule has 0 radical (unpaired) electrons. The molecule has 1 rings (SSSR count). The van der Waals surface area contributed by atoms with Gasteiger partial charge in [-0.25, -0.2) is 0 Å². The largest absolute Gasteiger partial charge is 0.409 e. The first-order valence-corrected chi connectivity index (χ1v) is 6.13. The van der Waals surface area contributed by atoms with Crippen molar-refractivity contribution in [3.8, 4) is 0 Å². The lowest BCUT2D eigenvalue weighted by molar-refractivity contribution is -0.384. The van der Waals surface area contributed by atoms with Gasteiger partial charge in [0, 0.05) is 25.2 Å². The topological polar surface area (TPSA) is 105 Å². The van der Waals surface area contributed by atoms with Gasteiger partial charge < -0.3 is 15.8 Å². The van der Waals surface area contributed by atoms with Crippen molar-refractivity contribution < 1.29 is 10.1 Å². The van der Waals surface area contributed by atoms with Gasteiger partial charge in [-0.1, -0.05) is 25.9 Å². The highest BCUT2D eigenvalue weighted by atomic mass is 16.6. The van der Waals surface area contributed by atoms with E-state index in [9.17, 15) is 10.1 Å². The smallest absolute Gasteiger partial charge is 0.293 e. The molecular formula is C13H20N4O3. The summed E-state index contributed by atoms with van der Waals surface area (Å²) in [6.07, 6.45) is 0. The molecule has 0 spiro atoms. The van der Waals surface area contributed by atoms with Crippen LogP contribution in [0, 0.1) is 15.5 Å². The van der Waals surface area contributed by atoms with E-state index < -0.39 is 4.92 Å². The number of oxime groups is 1. The van der Waals surface area contributed by atoms with Gasteiger partial charge in [0.1, 0.15) is 5.69 Å². The SMILES string of the molecule is CN(CC(C)(C)C)c1ccc(C(N)=NO)cc1[N+](=O)[O-]. The van der Waals surface area contributed by atoms with Gasteiger partial charge in [-0.3, -0.25) is 10.1 Å². The fraction of sp³-hybridized carbons (Fsp3) is 0.462. The standard InChI is InChI=1S/C13H20N4O3/c1-13(2,3)8-16(4)10-6-5-9(12(14)15-18)7-11(10)17(19)20/h5-7,18H,8H2,1-4H3,(H2,14,15). The van der Waals surface area contributed by atoms with Crippen molar-refractivity contribution in [1.82, 2.24) is 0 Å². The number of nitro groups is 1. The highest BCUT2D eigenvalue weighted by molar-refractivity contribution is 5.98. The second-order valence-corrected chi connectivity index (χ2v) is 5.86. The van der Waals surface area contributed by atoms with Crippen molar-refractivity contribution in [3.05, 3.63) is 33.9 Å². The number of nitro benzene ring substituents is 1. The molecule has 7 nitrogen and oxygen atoms in total. The van der Waals surface area contributed by atoms with Crippen LogP contribution in [-0.2, 0) is 0 Å². The van der Waals surface area contributed by atoms with Gasteiger partial charge in [0.25, 0.3) is 5.69 Å². The van der Waals surface area contributed by atoms with Crippen molar-refractivity contribution in [2.75, 3.05) is 18.5 Å². The molecule has 0 unspecified atom stereocenters. The average molecular weight is 280 g/mol. The van der Waals surface area contributed by atoms with Crippen molar-refractivity contribution in [3.63, 3.8) is 0 Å². The zero-order valence-corrected chi connectivity index (χ0v) is 12.1. The Morgan fingerprint density at radius 1 is 1.50 bits per heavy atom. The van der Waals surface area contributed by atoms with Gasteiger partial charge in [-0.2, -0.15) is 0 Å². The number of amidine groups is 1. The van der Waals surface area contributed by atoms with E-state index in [4.69, 9.17) is 10.9 Å². The van der Waals surface area contributed by atoms with E-state index in [1.807, 2.05) is 4.90 Å². The van der Waals surface area contributed by atoms with Crippen LogP contribution in [0.25, 0.3) is 0 Å². The molecule has 1 aromatic carbocycles. The first-order chi connectivity index (χ1) is 9.15. The predicted molar refractivity (Wildman–Crippen MR) is 78.3 cm³/mol. The Balaban J connectivity index is 3.24. The molecule has 0 heterocycles. The van der Waals surface area contributed by atoms with Gasteiger partial charge >= 0.3 is 0 Å². The lowest BCUT2D eigenvalue weighted by Gasteiger charge is -2.28. The number of benzene rings is 1. The summed E-state index contributed by atoms with van der Waals surface area (Å²) in [5.74, 6) is -0.155.